The van der Waals surface area contributed by atoms with Gasteiger partial charge in [-0.1, -0.05) is 50.1 Å². The number of hydrogen-bond donors (Lipinski definition) is 0. The Morgan fingerprint density at radius 1 is 0.957 bits per heavy atom. The maximum Gasteiger partial charge on any atom is 0.137 e. The molecule has 0 unspecified atom stereocenters. The highest BCUT2D eigenvalue weighted by molar-refractivity contribution is 14.1. The predicted octanol–water partition coefficient (Wildman–Crippen LogP) is 7.17. The van der Waals surface area contributed by atoms with Crippen LogP contribution in [0.5, 0.6) is 0 Å². The van der Waals surface area contributed by atoms with Gasteiger partial charge in [-0.3, -0.25) is 0 Å². The average molecular weight is 422 g/mol. The van der Waals surface area contributed by atoms with Gasteiger partial charge in [0.05, 0.1) is 0 Å². The molecule has 0 radical (unpaired) electrons. The summed E-state index contributed by atoms with van der Waals surface area (Å²) in [7, 11) is 0. The minimum absolute atomic E-state index is 0.138. The van der Waals surface area contributed by atoms with Crippen LogP contribution in [0.25, 0.3) is 11.1 Å². The predicted molar refractivity (Wildman–Crippen MR) is 104 cm³/mol. The highest BCUT2D eigenvalue weighted by atomic mass is 127. The van der Waals surface area contributed by atoms with E-state index >= 15 is 0 Å². The SMILES string of the molecule is CCCC1CCC(c2ccc(-c3ccc(I)c(F)c3)cc2)CC1. The van der Waals surface area contributed by atoms with Crippen LogP contribution in [0.2, 0.25) is 0 Å². The van der Waals surface area contributed by atoms with Gasteiger partial charge in [-0.15, -0.1) is 0 Å². The third-order valence-electron chi connectivity index (χ3n) is 5.18. The Labute approximate surface area is 152 Å². The van der Waals surface area contributed by atoms with Gasteiger partial charge in [0.15, 0.2) is 0 Å². The Hall–Kier alpha value is -0.900. The lowest BCUT2D eigenvalue weighted by Crippen LogP contribution is -2.13. The molecule has 0 spiro atoms. The summed E-state index contributed by atoms with van der Waals surface area (Å²) in [4.78, 5) is 0. The molecule has 1 aliphatic carbocycles. The molecular weight excluding hydrogens is 398 g/mol. The van der Waals surface area contributed by atoms with E-state index in [0.29, 0.717) is 9.49 Å². The van der Waals surface area contributed by atoms with Crippen molar-refractivity contribution in [3.05, 3.63) is 57.4 Å². The summed E-state index contributed by atoms with van der Waals surface area (Å²) in [5.41, 5.74) is 3.51. The smallest absolute Gasteiger partial charge is 0.137 e. The minimum atomic E-state index is -0.138. The van der Waals surface area contributed by atoms with Gasteiger partial charge < -0.3 is 0 Å². The number of rotatable bonds is 4. The largest absolute Gasteiger partial charge is 0.206 e. The topological polar surface area (TPSA) is 0 Å². The molecule has 0 N–H and O–H groups in total. The summed E-state index contributed by atoms with van der Waals surface area (Å²) in [6.45, 7) is 2.29. The van der Waals surface area contributed by atoms with Crippen molar-refractivity contribution in [3.8, 4) is 11.1 Å². The normalized spacial score (nSPS) is 21.3. The van der Waals surface area contributed by atoms with E-state index < -0.39 is 0 Å². The van der Waals surface area contributed by atoms with Crippen LogP contribution in [0, 0.1) is 15.3 Å². The number of halogens is 2. The number of hydrogen-bond acceptors (Lipinski definition) is 0. The Bertz CT molecular complexity index is 639. The highest BCUT2D eigenvalue weighted by Gasteiger charge is 2.21. The fourth-order valence-electron chi connectivity index (χ4n) is 3.82. The number of benzene rings is 2. The zero-order chi connectivity index (χ0) is 16.2. The molecule has 0 saturated heterocycles. The van der Waals surface area contributed by atoms with Gasteiger partial charge in [0.25, 0.3) is 0 Å². The van der Waals surface area contributed by atoms with Gasteiger partial charge in [-0.05, 0) is 88.9 Å². The summed E-state index contributed by atoms with van der Waals surface area (Å²) in [6, 6.07) is 14.3. The van der Waals surface area contributed by atoms with Crippen LogP contribution in [-0.2, 0) is 0 Å². The zero-order valence-electron chi connectivity index (χ0n) is 13.7. The van der Waals surface area contributed by atoms with Crippen LogP contribution >= 0.6 is 22.6 Å². The third-order valence-corrected chi connectivity index (χ3v) is 6.05. The second kappa shape index (κ2) is 7.78. The van der Waals surface area contributed by atoms with Crippen LogP contribution in [0.15, 0.2) is 42.5 Å². The molecule has 2 heteroatoms. The molecule has 2 aromatic carbocycles. The summed E-state index contributed by atoms with van der Waals surface area (Å²) in [6.07, 6.45) is 8.11. The zero-order valence-corrected chi connectivity index (χ0v) is 15.9. The molecule has 0 aliphatic heterocycles. The minimum Gasteiger partial charge on any atom is -0.206 e. The lowest BCUT2D eigenvalue weighted by atomic mass is 9.77. The first-order chi connectivity index (χ1) is 11.2. The van der Waals surface area contributed by atoms with E-state index in [1.807, 2.05) is 34.7 Å². The van der Waals surface area contributed by atoms with Gasteiger partial charge in [0, 0.05) is 3.57 Å². The van der Waals surface area contributed by atoms with Gasteiger partial charge in [-0.25, -0.2) is 4.39 Å². The second-order valence-electron chi connectivity index (χ2n) is 6.76. The van der Waals surface area contributed by atoms with E-state index in [1.54, 1.807) is 6.07 Å². The van der Waals surface area contributed by atoms with Crippen LogP contribution in [0.1, 0.15) is 56.9 Å². The molecular formula is C21H24FI. The van der Waals surface area contributed by atoms with Crippen molar-refractivity contribution in [2.24, 2.45) is 5.92 Å². The van der Waals surface area contributed by atoms with E-state index in [1.165, 1.54) is 44.1 Å². The molecule has 0 nitrogen and oxygen atoms in total. The van der Waals surface area contributed by atoms with E-state index in [-0.39, 0.29) is 5.82 Å². The monoisotopic (exact) mass is 422 g/mol. The molecule has 3 rings (SSSR count). The van der Waals surface area contributed by atoms with Gasteiger partial charge in [-0.2, -0.15) is 0 Å². The van der Waals surface area contributed by atoms with Gasteiger partial charge in [0.2, 0.25) is 0 Å². The first-order valence-corrected chi connectivity index (χ1v) is 9.80. The second-order valence-corrected chi connectivity index (χ2v) is 7.92. The summed E-state index contributed by atoms with van der Waals surface area (Å²) in [5, 5.41) is 0. The Morgan fingerprint density at radius 3 is 2.22 bits per heavy atom. The molecule has 23 heavy (non-hydrogen) atoms. The fourth-order valence-corrected chi connectivity index (χ4v) is 4.15. The van der Waals surface area contributed by atoms with Crippen LogP contribution in [-0.4, -0.2) is 0 Å². The van der Waals surface area contributed by atoms with E-state index in [9.17, 15) is 4.39 Å². The van der Waals surface area contributed by atoms with Gasteiger partial charge >= 0.3 is 0 Å². The first kappa shape index (κ1) is 16.9. The first-order valence-electron chi connectivity index (χ1n) is 8.72. The van der Waals surface area contributed by atoms with Crippen molar-refractivity contribution in [3.63, 3.8) is 0 Å². The fraction of sp³-hybridized carbons (Fsp3) is 0.429. The summed E-state index contributed by atoms with van der Waals surface area (Å²) < 4.78 is 14.4. The molecule has 0 heterocycles. The Morgan fingerprint density at radius 2 is 1.61 bits per heavy atom. The molecule has 1 fully saturated rings. The van der Waals surface area contributed by atoms with Crippen molar-refractivity contribution in [1.82, 2.24) is 0 Å². The van der Waals surface area contributed by atoms with E-state index in [4.69, 9.17) is 0 Å². The van der Waals surface area contributed by atoms with Crippen molar-refractivity contribution in [1.29, 1.82) is 0 Å². The molecule has 0 bridgehead atoms. The molecule has 0 aromatic heterocycles. The van der Waals surface area contributed by atoms with Crippen molar-refractivity contribution >= 4 is 22.6 Å². The summed E-state index contributed by atoms with van der Waals surface area (Å²) >= 11 is 2.03. The molecule has 122 valence electrons. The average Bonchev–Trinajstić information content (AvgIpc) is 2.59. The van der Waals surface area contributed by atoms with Crippen LogP contribution in [0.3, 0.4) is 0 Å². The van der Waals surface area contributed by atoms with Gasteiger partial charge in [0.1, 0.15) is 5.82 Å². The maximum atomic E-state index is 13.7. The lowest BCUT2D eigenvalue weighted by molar-refractivity contribution is 0.308. The Balaban J connectivity index is 1.69. The van der Waals surface area contributed by atoms with E-state index in [2.05, 4.69) is 31.2 Å². The quantitative estimate of drug-likeness (QED) is 0.458. The molecule has 1 saturated carbocycles. The molecule has 1 aliphatic rings. The highest BCUT2D eigenvalue weighted by Crippen LogP contribution is 2.38. The van der Waals surface area contributed by atoms with Crippen molar-refractivity contribution in [2.75, 3.05) is 0 Å². The Kier molecular flexibility index (Phi) is 5.73. The molecule has 0 atom stereocenters. The van der Waals surface area contributed by atoms with Crippen molar-refractivity contribution in [2.45, 2.75) is 51.4 Å². The molecule has 2 aromatic rings. The van der Waals surface area contributed by atoms with E-state index in [0.717, 1.165) is 17.0 Å². The molecule has 0 amide bonds. The standard InChI is InChI=1S/C21H24FI/c1-2-3-15-4-6-16(7-5-15)17-8-10-18(11-9-17)19-12-13-21(23)20(22)14-19/h8-16H,2-7H2,1H3. The lowest BCUT2D eigenvalue weighted by Gasteiger charge is -2.28. The van der Waals surface area contributed by atoms with Crippen molar-refractivity contribution < 1.29 is 4.39 Å². The summed E-state index contributed by atoms with van der Waals surface area (Å²) in [5.74, 6) is 1.53. The van der Waals surface area contributed by atoms with Crippen LogP contribution < -0.4 is 0 Å². The maximum absolute atomic E-state index is 13.7. The third kappa shape index (κ3) is 4.14. The van der Waals surface area contributed by atoms with Crippen LogP contribution in [0.4, 0.5) is 4.39 Å².